The Labute approximate surface area is 86.4 Å². The van der Waals surface area contributed by atoms with E-state index in [0.717, 1.165) is 24.3 Å². The van der Waals surface area contributed by atoms with Gasteiger partial charge in [-0.15, -0.1) is 0 Å². The molecule has 0 bridgehead atoms. The van der Waals surface area contributed by atoms with Gasteiger partial charge in [-0.1, -0.05) is 0 Å². The minimum absolute atomic E-state index is 0.162. The van der Waals surface area contributed by atoms with Crippen LogP contribution in [0.3, 0.4) is 0 Å². The molecule has 0 heterocycles. The van der Waals surface area contributed by atoms with Crippen molar-refractivity contribution in [1.82, 2.24) is 4.34 Å². The summed E-state index contributed by atoms with van der Waals surface area (Å²) in [6.07, 6.45) is -4.37. The molecule has 76 valence electrons. The van der Waals surface area contributed by atoms with E-state index in [1.165, 1.54) is 0 Å². The van der Waals surface area contributed by atoms with Gasteiger partial charge >= 0.3 is 6.18 Å². The number of rotatable bonds is 1. The van der Waals surface area contributed by atoms with Crippen LogP contribution < -0.4 is 4.34 Å². The van der Waals surface area contributed by atoms with E-state index in [1.54, 1.807) is 0 Å². The molecule has 0 aromatic heterocycles. The van der Waals surface area contributed by atoms with Crippen molar-refractivity contribution in [3.05, 3.63) is 35.4 Å². The molecule has 1 rings (SSSR count). The second kappa shape index (κ2) is 4.00. The molecule has 0 atom stereocenters. The summed E-state index contributed by atoms with van der Waals surface area (Å²) in [4.78, 5) is 10.9. The number of halogens is 4. The van der Waals surface area contributed by atoms with Gasteiger partial charge < -0.3 is 0 Å². The largest absolute Gasteiger partial charge is 0.416 e. The first kappa shape index (κ1) is 11.0. The molecular formula is C8H5BrF3NO. The molecule has 0 aliphatic carbocycles. The summed E-state index contributed by atoms with van der Waals surface area (Å²) in [6.45, 7) is 0. The Kier molecular flexibility index (Phi) is 3.15. The highest BCUT2D eigenvalue weighted by Crippen LogP contribution is 2.28. The molecule has 0 unspecified atom stereocenters. The number of alkyl halides is 3. The second-order valence-corrected chi connectivity index (χ2v) is 2.90. The van der Waals surface area contributed by atoms with Gasteiger partial charge in [-0.25, -0.2) is 0 Å². The van der Waals surface area contributed by atoms with Crippen LogP contribution >= 0.6 is 16.1 Å². The Bertz CT molecular complexity index is 333. The van der Waals surface area contributed by atoms with Crippen molar-refractivity contribution < 1.29 is 18.0 Å². The molecule has 0 fully saturated rings. The molecule has 14 heavy (non-hydrogen) atoms. The molecule has 1 N–H and O–H groups in total. The first-order valence-electron chi connectivity index (χ1n) is 3.53. The zero-order valence-electron chi connectivity index (χ0n) is 6.73. The van der Waals surface area contributed by atoms with Crippen LogP contribution in [-0.2, 0) is 6.18 Å². The SMILES string of the molecule is O=C(NBr)c1ccc(C(F)(F)F)cc1. The number of hydrogen-bond acceptors (Lipinski definition) is 1. The van der Waals surface area contributed by atoms with E-state index in [0.29, 0.717) is 0 Å². The van der Waals surface area contributed by atoms with E-state index in [1.807, 2.05) is 0 Å². The summed E-state index contributed by atoms with van der Waals surface area (Å²) >= 11 is 2.69. The number of carbonyl (C=O) groups excluding carboxylic acids is 1. The monoisotopic (exact) mass is 267 g/mol. The highest BCUT2D eigenvalue weighted by molar-refractivity contribution is 9.08. The Morgan fingerprint density at radius 2 is 1.71 bits per heavy atom. The first-order chi connectivity index (χ1) is 6.45. The maximum atomic E-state index is 12.1. The lowest BCUT2D eigenvalue weighted by molar-refractivity contribution is -0.137. The van der Waals surface area contributed by atoms with Crippen LogP contribution in [0.4, 0.5) is 13.2 Å². The third-order valence-corrected chi connectivity index (χ3v) is 1.92. The predicted molar refractivity (Wildman–Crippen MR) is 47.8 cm³/mol. The van der Waals surface area contributed by atoms with Gasteiger partial charge in [0.2, 0.25) is 0 Å². The van der Waals surface area contributed by atoms with E-state index in [-0.39, 0.29) is 5.56 Å². The Morgan fingerprint density at radius 3 is 2.07 bits per heavy atom. The Hall–Kier alpha value is -1.04. The molecule has 0 aliphatic rings. The average molecular weight is 268 g/mol. The minimum Gasteiger partial charge on any atom is -0.289 e. The van der Waals surface area contributed by atoms with Crippen LogP contribution in [0.1, 0.15) is 15.9 Å². The molecule has 6 heteroatoms. The van der Waals surface area contributed by atoms with Gasteiger partial charge in [0.05, 0.1) is 5.56 Å². The maximum Gasteiger partial charge on any atom is 0.416 e. The van der Waals surface area contributed by atoms with E-state index < -0.39 is 17.6 Å². The fraction of sp³-hybridized carbons (Fsp3) is 0.125. The number of amides is 1. The molecular weight excluding hydrogens is 263 g/mol. The number of benzene rings is 1. The van der Waals surface area contributed by atoms with Crippen molar-refractivity contribution in [3.63, 3.8) is 0 Å². The Morgan fingerprint density at radius 1 is 1.21 bits per heavy atom. The van der Waals surface area contributed by atoms with Gasteiger partial charge in [0, 0.05) is 21.7 Å². The van der Waals surface area contributed by atoms with Crippen LogP contribution in [0.2, 0.25) is 0 Å². The molecule has 1 aromatic carbocycles. The van der Waals surface area contributed by atoms with E-state index in [2.05, 4.69) is 20.5 Å². The van der Waals surface area contributed by atoms with Gasteiger partial charge in [-0.05, 0) is 24.3 Å². The number of hydrogen-bond donors (Lipinski definition) is 1. The lowest BCUT2D eigenvalue weighted by atomic mass is 10.1. The van der Waals surface area contributed by atoms with Gasteiger partial charge in [0.25, 0.3) is 5.91 Å². The van der Waals surface area contributed by atoms with Crippen LogP contribution in [0.25, 0.3) is 0 Å². The summed E-state index contributed by atoms with van der Waals surface area (Å²) in [5.74, 6) is -0.487. The van der Waals surface area contributed by atoms with Crippen LogP contribution in [0.5, 0.6) is 0 Å². The van der Waals surface area contributed by atoms with Gasteiger partial charge in [0.15, 0.2) is 0 Å². The normalized spacial score (nSPS) is 11.1. The summed E-state index contributed by atoms with van der Waals surface area (Å²) in [7, 11) is 0. The van der Waals surface area contributed by atoms with Crippen molar-refractivity contribution >= 4 is 22.1 Å². The highest BCUT2D eigenvalue weighted by Gasteiger charge is 2.30. The maximum absolute atomic E-state index is 12.1. The van der Waals surface area contributed by atoms with Crippen LogP contribution in [0.15, 0.2) is 24.3 Å². The molecule has 1 amide bonds. The lowest BCUT2D eigenvalue weighted by Gasteiger charge is -2.06. The fourth-order valence-electron chi connectivity index (χ4n) is 0.865. The number of nitrogens with one attached hydrogen (secondary N) is 1. The van der Waals surface area contributed by atoms with E-state index in [4.69, 9.17) is 0 Å². The topological polar surface area (TPSA) is 29.1 Å². The smallest absolute Gasteiger partial charge is 0.289 e. The van der Waals surface area contributed by atoms with E-state index >= 15 is 0 Å². The molecule has 0 radical (unpaired) electrons. The molecule has 0 saturated carbocycles. The van der Waals surface area contributed by atoms with Crippen LogP contribution in [-0.4, -0.2) is 5.91 Å². The van der Waals surface area contributed by atoms with Crippen molar-refractivity contribution in [3.8, 4) is 0 Å². The van der Waals surface area contributed by atoms with Crippen molar-refractivity contribution in [2.75, 3.05) is 0 Å². The summed E-state index contributed by atoms with van der Waals surface area (Å²) in [5, 5.41) is 0. The molecule has 0 aliphatic heterocycles. The fourth-order valence-corrected chi connectivity index (χ4v) is 1.09. The third kappa shape index (κ3) is 2.47. The molecule has 2 nitrogen and oxygen atoms in total. The number of carbonyl (C=O) groups is 1. The quantitative estimate of drug-likeness (QED) is 0.779. The van der Waals surface area contributed by atoms with Crippen molar-refractivity contribution in [2.24, 2.45) is 0 Å². The van der Waals surface area contributed by atoms with Crippen molar-refractivity contribution in [1.29, 1.82) is 0 Å². The van der Waals surface area contributed by atoms with Crippen molar-refractivity contribution in [2.45, 2.75) is 6.18 Å². The predicted octanol–water partition coefficient (Wildman–Crippen LogP) is 2.75. The van der Waals surface area contributed by atoms with Crippen LogP contribution in [0, 0.1) is 0 Å². The first-order valence-corrected chi connectivity index (χ1v) is 4.32. The molecule has 0 spiro atoms. The zero-order chi connectivity index (χ0) is 10.8. The highest BCUT2D eigenvalue weighted by atomic mass is 79.9. The van der Waals surface area contributed by atoms with Gasteiger partial charge in [-0.3, -0.25) is 9.14 Å². The summed E-state index contributed by atoms with van der Waals surface area (Å²) < 4.78 is 38.4. The lowest BCUT2D eigenvalue weighted by Crippen LogP contribution is -2.12. The van der Waals surface area contributed by atoms with Gasteiger partial charge in [-0.2, -0.15) is 13.2 Å². The standard InChI is InChI=1S/C8H5BrF3NO/c9-13-7(14)5-1-3-6(4-2-5)8(10,11)12/h1-4H,(H,13,14). The molecule has 1 aromatic rings. The summed E-state index contributed by atoms with van der Waals surface area (Å²) in [6, 6.07) is 3.94. The summed E-state index contributed by atoms with van der Waals surface area (Å²) in [5.41, 5.74) is -0.613. The zero-order valence-corrected chi connectivity index (χ0v) is 8.32. The van der Waals surface area contributed by atoms with Gasteiger partial charge in [0.1, 0.15) is 0 Å². The third-order valence-electron chi connectivity index (χ3n) is 1.56. The van der Waals surface area contributed by atoms with E-state index in [9.17, 15) is 18.0 Å². The minimum atomic E-state index is -4.37. The second-order valence-electron chi connectivity index (χ2n) is 2.50. The molecule has 0 saturated heterocycles. The Balaban J connectivity index is 2.95. The average Bonchev–Trinajstić information content (AvgIpc) is 2.15.